The average Bonchev–Trinajstić information content (AvgIpc) is 3.23. The Morgan fingerprint density at radius 3 is 2.75 bits per heavy atom. The molecule has 0 bridgehead atoms. The maximum atomic E-state index is 12.7. The Morgan fingerprint density at radius 2 is 1.88 bits per heavy atom. The van der Waals surface area contributed by atoms with E-state index in [2.05, 4.69) is 38.6 Å². The first-order valence-electron chi connectivity index (χ1n) is 10.9. The smallest absolute Gasteiger partial charge is 0.254 e. The summed E-state index contributed by atoms with van der Waals surface area (Å²) in [6.45, 7) is 2.47. The average molecular weight is 425 g/mol. The summed E-state index contributed by atoms with van der Waals surface area (Å²) in [5.41, 5.74) is 7.02. The number of aromatic nitrogens is 5. The van der Waals surface area contributed by atoms with Gasteiger partial charge in [-0.25, -0.2) is 14.6 Å². The van der Waals surface area contributed by atoms with Gasteiger partial charge in [-0.15, -0.1) is 0 Å². The first-order chi connectivity index (χ1) is 15.7. The largest absolute Gasteiger partial charge is 0.352 e. The molecule has 0 atom stereocenters. The Labute approximate surface area is 186 Å². The van der Waals surface area contributed by atoms with Crippen molar-refractivity contribution < 1.29 is 4.79 Å². The van der Waals surface area contributed by atoms with E-state index < -0.39 is 0 Å². The lowest BCUT2D eigenvalue weighted by Gasteiger charge is -2.18. The van der Waals surface area contributed by atoms with Crippen molar-refractivity contribution in [3.8, 4) is 17.2 Å². The number of pyridine rings is 1. The van der Waals surface area contributed by atoms with E-state index in [0.717, 1.165) is 48.2 Å². The molecule has 5 rings (SSSR count). The van der Waals surface area contributed by atoms with Crippen LogP contribution in [0.3, 0.4) is 0 Å². The quantitative estimate of drug-likeness (QED) is 0.479. The van der Waals surface area contributed by atoms with Crippen LogP contribution in [0.2, 0.25) is 0 Å². The van der Waals surface area contributed by atoms with E-state index in [9.17, 15) is 4.79 Å². The Bertz CT molecular complexity index is 1260. The van der Waals surface area contributed by atoms with E-state index >= 15 is 0 Å². The summed E-state index contributed by atoms with van der Waals surface area (Å²) in [6, 6.07) is 12.3. The molecule has 4 aromatic rings. The predicted molar refractivity (Wildman–Crippen MR) is 122 cm³/mol. The SMILES string of the molecule is Cc1c(C(=O)NCCCc2ccncc2)cnn1-c1ncc2c(n1)-c1ccccc1CC2. The van der Waals surface area contributed by atoms with Gasteiger partial charge in [0.15, 0.2) is 0 Å². The van der Waals surface area contributed by atoms with Crippen molar-refractivity contribution in [2.75, 3.05) is 6.54 Å². The molecule has 1 amide bonds. The summed E-state index contributed by atoms with van der Waals surface area (Å²) < 4.78 is 1.64. The Hall–Kier alpha value is -3.87. The van der Waals surface area contributed by atoms with Crippen LogP contribution in [0.5, 0.6) is 0 Å². The van der Waals surface area contributed by atoms with Gasteiger partial charge in [0.2, 0.25) is 0 Å². The van der Waals surface area contributed by atoms with E-state index in [1.807, 2.05) is 31.3 Å². The molecule has 3 heterocycles. The molecule has 1 aliphatic carbocycles. The molecular formula is C25H24N6O. The first-order valence-corrected chi connectivity index (χ1v) is 10.9. The molecule has 1 N–H and O–H groups in total. The lowest BCUT2D eigenvalue weighted by atomic mass is 9.90. The zero-order valence-electron chi connectivity index (χ0n) is 18.0. The summed E-state index contributed by atoms with van der Waals surface area (Å²) in [4.78, 5) is 26.1. The third-order valence-electron chi connectivity index (χ3n) is 5.91. The fraction of sp³-hybridized carbons (Fsp3) is 0.240. The van der Waals surface area contributed by atoms with Gasteiger partial charge >= 0.3 is 0 Å². The molecule has 0 unspecified atom stereocenters. The number of carbonyl (C=O) groups excluding carboxylic acids is 1. The summed E-state index contributed by atoms with van der Waals surface area (Å²) in [7, 11) is 0. The number of hydrogen-bond donors (Lipinski definition) is 1. The van der Waals surface area contributed by atoms with Crippen LogP contribution in [-0.2, 0) is 19.3 Å². The Morgan fingerprint density at radius 1 is 1.06 bits per heavy atom. The van der Waals surface area contributed by atoms with Crippen LogP contribution in [0.15, 0.2) is 61.2 Å². The van der Waals surface area contributed by atoms with E-state index in [-0.39, 0.29) is 5.91 Å². The molecule has 0 fully saturated rings. The van der Waals surface area contributed by atoms with Crippen LogP contribution < -0.4 is 5.32 Å². The number of benzene rings is 1. The zero-order valence-corrected chi connectivity index (χ0v) is 18.0. The molecule has 1 aliphatic rings. The highest BCUT2D eigenvalue weighted by Crippen LogP contribution is 2.31. The summed E-state index contributed by atoms with van der Waals surface area (Å²) >= 11 is 0. The van der Waals surface area contributed by atoms with Crippen LogP contribution in [0.1, 0.15) is 39.2 Å². The van der Waals surface area contributed by atoms with E-state index in [1.54, 1.807) is 23.3 Å². The first kappa shape index (κ1) is 20.1. The monoisotopic (exact) mass is 424 g/mol. The predicted octanol–water partition coefficient (Wildman–Crippen LogP) is 3.49. The van der Waals surface area contributed by atoms with Gasteiger partial charge in [-0.3, -0.25) is 9.78 Å². The van der Waals surface area contributed by atoms with Crippen molar-refractivity contribution in [3.63, 3.8) is 0 Å². The van der Waals surface area contributed by atoms with Crippen LogP contribution >= 0.6 is 0 Å². The van der Waals surface area contributed by atoms with Gasteiger partial charge < -0.3 is 5.32 Å². The molecule has 0 saturated heterocycles. The van der Waals surface area contributed by atoms with Crippen molar-refractivity contribution in [1.82, 2.24) is 30.0 Å². The van der Waals surface area contributed by atoms with Crippen molar-refractivity contribution in [1.29, 1.82) is 0 Å². The minimum atomic E-state index is -0.133. The third-order valence-corrected chi connectivity index (χ3v) is 5.91. The summed E-state index contributed by atoms with van der Waals surface area (Å²) in [6.07, 6.45) is 10.7. The van der Waals surface area contributed by atoms with E-state index in [0.29, 0.717) is 18.1 Å². The fourth-order valence-corrected chi connectivity index (χ4v) is 4.13. The maximum Gasteiger partial charge on any atom is 0.254 e. The Balaban J connectivity index is 1.31. The van der Waals surface area contributed by atoms with E-state index in [4.69, 9.17) is 4.98 Å². The lowest BCUT2D eigenvalue weighted by Crippen LogP contribution is -2.25. The number of rotatable bonds is 6. The zero-order chi connectivity index (χ0) is 21.9. The molecule has 0 saturated carbocycles. The molecule has 7 nitrogen and oxygen atoms in total. The minimum Gasteiger partial charge on any atom is -0.352 e. The summed E-state index contributed by atoms with van der Waals surface area (Å²) in [5.74, 6) is 0.349. The molecule has 0 spiro atoms. The maximum absolute atomic E-state index is 12.7. The fourth-order valence-electron chi connectivity index (χ4n) is 4.13. The standard InChI is InChI=1S/C25H24N6O/c1-17-22(24(32)27-12-4-5-18-10-13-26-14-11-18)16-29-31(17)25-28-15-20-9-8-19-6-2-3-7-21(19)23(20)30-25/h2-3,6-7,10-11,13-16H,4-5,8-9,12H2,1H3,(H,27,32). The number of fused-ring (bicyclic) bond motifs is 3. The van der Waals surface area contributed by atoms with Gasteiger partial charge in [0.25, 0.3) is 11.9 Å². The molecule has 7 heteroatoms. The normalized spacial score (nSPS) is 12.2. The molecular weight excluding hydrogens is 400 g/mol. The number of aryl methyl sites for hydroxylation is 3. The molecule has 160 valence electrons. The van der Waals surface area contributed by atoms with Crippen LogP contribution in [-0.4, -0.2) is 37.2 Å². The summed E-state index contributed by atoms with van der Waals surface area (Å²) in [5, 5.41) is 7.40. The van der Waals surface area contributed by atoms with Gasteiger partial charge in [-0.05, 0) is 61.4 Å². The highest BCUT2D eigenvalue weighted by molar-refractivity contribution is 5.95. The third kappa shape index (κ3) is 3.89. The van der Waals surface area contributed by atoms with Crippen molar-refractivity contribution >= 4 is 5.91 Å². The van der Waals surface area contributed by atoms with Crippen molar-refractivity contribution in [2.24, 2.45) is 0 Å². The van der Waals surface area contributed by atoms with Crippen LogP contribution in [0, 0.1) is 6.92 Å². The Kier molecular flexibility index (Phi) is 5.46. The molecule has 0 radical (unpaired) electrons. The second-order valence-corrected chi connectivity index (χ2v) is 7.97. The van der Waals surface area contributed by atoms with Gasteiger partial charge in [-0.1, -0.05) is 24.3 Å². The van der Waals surface area contributed by atoms with Gasteiger partial charge in [0.1, 0.15) is 0 Å². The number of amides is 1. The number of nitrogens with one attached hydrogen (secondary N) is 1. The lowest BCUT2D eigenvalue weighted by molar-refractivity contribution is 0.0952. The number of nitrogens with zero attached hydrogens (tertiary/aromatic N) is 5. The van der Waals surface area contributed by atoms with Crippen molar-refractivity contribution in [3.05, 3.63) is 89.1 Å². The minimum absolute atomic E-state index is 0.133. The van der Waals surface area contributed by atoms with Crippen LogP contribution in [0.25, 0.3) is 17.2 Å². The second-order valence-electron chi connectivity index (χ2n) is 7.97. The molecule has 0 aliphatic heterocycles. The van der Waals surface area contributed by atoms with E-state index in [1.165, 1.54) is 11.1 Å². The topological polar surface area (TPSA) is 85.6 Å². The van der Waals surface area contributed by atoms with Crippen molar-refractivity contribution in [2.45, 2.75) is 32.6 Å². The van der Waals surface area contributed by atoms with Crippen LogP contribution in [0.4, 0.5) is 0 Å². The van der Waals surface area contributed by atoms with Gasteiger partial charge in [0, 0.05) is 30.7 Å². The second kappa shape index (κ2) is 8.70. The number of hydrogen-bond acceptors (Lipinski definition) is 5. The molecule has 1 aromatic carbocycles. The van der Waals surface area contributed by atoms with Gasteiger partial charge in [-0.2, -0.15) is 5.10 Å². The highest BCUT2D eigenvalue weighted by Gasteiger charge is 2.21. The number of carbonyl (C=O) groups is 1. The van der Waals surface area contributed by atoms with Gasteiger partial charge in [0.05, 0.1) is 23.1 Å². The highest BCUT2D eigenvalue weighted by atomic mass is 16.1. The molecule has 32 heavy (non-hydrogen) atoms. The molecule has 3 aromatic heterocycles.